The first-order chi connectivity index (χ1) is 11.3. The quantitative estimate of drug-likeness (QED) is 0.694. The van der Waals surface area contributed by atoms with Gasteiger partial charge < -0.3 is 20.7 Å². The average Bonchev–Trinajstić information content (AvgIpc) is 3.03. The van der Waals surface area contributed by atoms with Crippen LogP contribution in [0.15, 0.2) is 36.7 Å². The van der Waals surface area contributed by atoms with Crippen molar-refractivity contribution < 1.29 is 9.53 Å². The molecular formula is C17H22N4O2. The molecule has 0 aliphatic carbocycles. The van der Waals surface area contributed by atoms with E-state index in [-0.39, 0.29) is 17.9 Å². The van der Waals surface area contributed by atoms with Crippen molar-refractivity contribution in [3.8, 4) is 0 Å². The zero-order valence-corrected chi connectivity index (χ0v) is 13.2. The van der Waals surface area contributed by atoms with Gasteiger partial charge in [-0.15, -0.1) is 0 Å². The van der Waals surface area contributed by atoms with Crippen LogP contribution in [0.4, 0.5) is 5.69 Å². The standard InChI is InChI=1S/C17H22N4O2/c1-23-7-6-20-17(22)15-10-19-11-16(15)21-14-3-2-13-9-18-5-4-12(13)8-14/h2-5,8-9,15-16,19,21H,6-7,10-11H2,1H3,(H,20,22)/t15-,16-/m0/s1. The molecule has 6 heteroatoms. The summed E-state index contributed by atoms with van der Waals surface area (Å²) in [7, 11) is 1.63. The lowest BCUT2D eigenvalue weighted by atomic mass is 10.0. The van der Waals surface area contributed by atoms with Crippen molar-refractivity contribution in [2.24, 2.45) is 5.92 Å². The second-order valence-electron chi connectivity index (χ2n) is 5.74. The molecule has 6 nitrogen and oxygen atoms in total. The zero-order valence-electron chi connectivity index (χ0n) is 13.2. The number of nitrogens with zero attached hydrogens (tertiary/aromatic N) is 1. The predicted molar refractivity (Wildman–Crippen MR) is 90.4 cm³/mol. The van der Waals surface area contributed by atoms with Crippen LogP contribution in [0.1, 0.15) is 0 Å². The third-order valence-corrected chi connectivity index (χ3v) is 4.15. The molecule has 0 spiro atoms. The van der Waals surface area contributed by atoms with Gasteiger partial charge in [-0.3, -0.25) is 9.78 Å². The molecule has 0 unspecified atom stereocenters. The molecule has 1 aromatic carbocycles. The smallest absolute Gasteiger partial charge is 0.226 e. The Morgan fingerprint density at radius 1 is 1.35 bits per heavy atom. The molecule has 23 heavy (non-hydrogen) atoms. The van der Waals surface area contributed by atoms with E-state index in [2.05, 4.69) is 27.0 Å². The number of hydrogen-bond donors (Lipinski definition) is 3. The molecule has 0 radical (unpaired) electrons. The first-order valence-electron chi connectivity index (χ1n) is 7.85. The molecule has 1 aliphatic rings. The largest absolute Gasteiger partial charge is 0.383 e. The average molecular weight is 314 g/mol. The fourth-order valence-electron chi connectivity index (χ4n) is 2.90. The number of carbonyl (C=O) groups is 1. The molecule has 122 valence electrons. The van der Waals surface area contributed by atoms with Crippen molar-refractivity contribution >= 4 is 22.4 Å². The fraction of sp³-hybridized carbons (Fsp3) is 0.412. The summed E-state index contributed by atoms with van der Waals surface area (Å²) in [6.07, 6.45) is 3.64. The van der Waals surface area contributed by atoms with Crippen LogP contribution in [0, 0.1) is 5.92 Å². The molecule has 1 fully saturated rings. The maximum Gasteiger partial charge on any atom is 0.226 e. The van der Waals surface area contributed by atoms with E-state index in [4.69, 9.17) is 4.74 Å². The normalized spacial score (nSPS) is 20.6. The van der Waals surface area contributed by atoms with Crippen LogP contribution >= 0.6 is 0 Å². The van der Waals surface area contributed by atoms with E-state index in [0.717, 1.165) is 23.0 Å². The molecule has 3 rings (SSSR count). The summed E-state index contributed by atoms with van der Waals surface area (Å²) in [5.74, 6) is -0.0190. The molecule has 3 N–H and O–H groups in total. The van der Waals surface area contributed by atoms with Crippen LogP contribution in [-0.2, 0) is 9.53 Å². The van der Waals surface area contributed by atoms with Gasteiger partial charge in [0.2, 0.25) is 5.91 Å². The topological polar surface area (TPSA) is 75.3 Å². The van der Waals surface area contributed by atoms with Crippen molar-refractivity contribution in [1.82, 2.24) is 15.6 Å². The molecule has 2 heterocycles. The Hall–Kier alpha value is -2.18. The number of benzene rings is 1. The summed E-state index contributed by atoms with van der Waals surface area (Å²) in [5, 5.41) is 11.9. The first kappa shape index (κ1) is 15.7. The number of ether oxygens (including phenoxy) is 1. The van der Waals surface area contributed by atoms with E-state index in [9.17, 15) is 4.79 Å². The van der Waals surface area contributed by atoms with Gasteiger partial charge in [0.15, 0.2) is 0 Å². The van der Waals surface area contributed by atoms with Crippen molar-refractivity contribution in [3.63, 3.8) is 0 Å². The van der Waals surface area contributed by atoms with Gasteiger partial charge in [-0.1, -0.05) is 6.07 Å². The number of aromatic nitrogens is 1. The summed E-state index contributed by atoms with van der Waals surface area (Å²) in [6.45, 7) is 2.54. The summed E-state index contributed by atoms with van der Waals surface area (Å²) in [5.41, 5.74) is 1.02. The molecule has 2 aromatic rings. The highest BCUT2D eigenvalue weighted by Crippen LogP contribution is 2.21. The highest BCUT2D eigenvalue weighted by Gasteiger charge is 2.32. The van der Waals surface area contributed by atoms with Crippen molar-refractivity contribution in [3.05, 3.63) is 36.7 Å². The van der Waals surface area contributed by atoms with E-state index in [1.54, 1.807) is 13.3 Å². The predicted octanol–water partition coefficient (Wildman–Crippen LogP) is 0.997. The summed E-state index contributed by atoms with van der Waals surface area (Å²) >= 11 is 0. The van der Waals surface area contributed by atoms with Gasteiger partial charge >= 0.3 is 0 Å². The SMILES string of the molecule is COCCNC(=O)[C@H]1CNC[C@@H]1Nc1ccc2cnccc2c1. The van der Waals surface area contributed by atoms with Crippen LogP contribution in [-0.4, -0.2) is 50.3 Å². The van der Waals surface area contributed by atoms with Gasteiger partial charge in [-0.2, -0.15) is 0 Å². The molecule has 2 atom stereocenters. The van der Waals surface area contributed by atoms with Gasteiger partial charge in [-0.05, 0) is 23.6 Å². The summed E-state index contributed by atoms with van der Waals surface area (Å²) in [6, 6.07) is 8.23. The van der Waals surface area contributed by atoms with Crippen LogP contribution < -0.4 is 16.0 Å². The second-order valence-corrected chi connectivity index (χ2v) is 5.74. The third-order valence-electron chi connectivity index (χ3n) is 4.15. The van der Waals surface area contributed by atoms with E-state index in [1.165, 1.54) is 0 Å². The van der Waals surface area contributed by atoms with Crippen LogP contribution in [0.3, 0.4) is 0 Å². The molecular weight excluding hydrogens is 292 g/mol. The number of anilines is 1. The van der Waals surface area contributed by atoms with Crippen molar-refractivity contribution in [2.45, 2.75) is 6.04 Å². The number of carbonyl (C=O) groups excluding carboxylic acids is 1. The second kappa shape index (κ2) is 7.39. The maximum atomic E-state index is 12.3. The highest BCUT2D eigenvalue weighted by molar-refractivity contribution is 5.85. The lowest BCUT2D eigenvalue weighted by Crippen LogP contribution is -2.41. The van der Waals surface area contributed by atoms with Gasteiger partial charge in [0.25, 0.3) is 0 Å². The molecule has 1 saturated heterocycles. The summed E-state index contributed by atoms with van der Waals surface area (Å²) in [4.78, 5) is 16.4. The number of methoxy groups -OCH3 is 1. The molecule has 1 aromatic heterocycles. The van der Waals surface area contributed by atoms with E-state index < -0.39 is 0 Å². The Labute approximate surface area is 135 Å². The van der Waals surface area contributed by atoms with Gasteiger partial charge in [-0.25, -0.2) is 0 Å². The van der Waals surface area contributed by atoms with Gasteiger partial charge in [0.05, 0.1) is 18.6 Å². The number of nitrogens with one attached hydrogen (secondary N) is 3. The zero-order chi connectivity index (χ0) is 16.1. The molecule has 1 amide bonds. The molecule has 1 aliphatic heterocycles. The Bertz CT molecular complexity index is 676. The van der Waals surface area contributed by atoms with E-state index in [0.29, 0.717) is 19.7 Å². The monoisotopic (exact) mass is 314 g/mol. The van der Waals surface area contributed by atoms with Crippen LogP contribution in [0.25, 0.3) is 10.8 Å². The number of pyridine rings is 1. The highest BCUT2D eigenvalue weighted by atomic mass is 16.5. The first-order valence-corrected chi connectivity index (χ1v) is 7.85. The number of rotatable bonds is 6. The minimum Gasteiger partial charge on any atom is -0.383 e. The fourth-order valence-corrected chi connectivity index (χ4v) is 2.90. The molecule has 0 saturated carbocycles. The maximum absolute atomic E-state index is 12.3. The van der Waals surface area contributed by atoms with Crippen LogP contribution in [0.5, 0.6) is 0 Å². The van der Waals surface area contributed by atoms with Crippen molar-refractivity contribution in [1.29, 1.82) is 0 Å². The van der Waals surface area contributed by atoms with Crippen molar-refractivity contribution in [2.75, 3.05) is 38.7 Å². The van der Waals surface area contributed by atoms with E-state index >= 15 is 0 Å². The Balaban J connectivity index is 1.66. The third kappa shape index (κ3) is 3.78. The van der Waals surface area contributed by atoms with Crippen LogP contribution in [0.2, 0.25) is 0 Å². The molecule has 0 bridgehead atoms. The Morgan fingerprint density at radius 3 is 3.13 bits per heavy atom. The summed E-state index contributed by atoms with van der Waals surface area (Å²) < 4.78 is 4.97. The van der Waals surface area contributed by atoms with Gasteiger partial charge in [0, 0.05) is 50.2 Å². The van der Waals surface area contributed by atoms with E-state index in [1.807, 2.05) is 24.4 Å². The number of fused-ring (bicyclic) bond motifs is 1. The number of hydrogen-bond acceptors (Lipinski definition) is 5. The van der Waals surface area contributed by atoms with Gasteiger partial charge in [0.1, 0.15) is 0 Å². The lowest BCUT2D eigenvalue weighted by Gasteiger charge is -2.21. The Kier molecular flexibility index (Phi) is 5.05. The number of amides is 1. The minimum absolute atomic E-state index is 0.0644. The Morgan fingerprint density at radius 2 is 2.26 bits per heavy atom. The minimum atomic E-state index is -0.0833. The lowest BCUT2D eigenvalue weighted by molar-refractivity contribution is -0.124.